The van der Waals surface area contributed by atoms with Crippen LogP contribution in [0.5, 0.6) is 0 Å². The van der Waals surface area contributed by atoms with Gasteiger partial charge in [-0.1, -0.05) is 12.1 Å². The van der Waals surface area contributed by atoms with Crippen molar-refractivity contribution in [2.75, 3.05) is 11.9 Å². The van der Waals surface area contributed by atoms with Gasteiger partial charge in [-0.3, -0.25) is 9.78 Å². The predicted molar refractivity (Wildman–Crippen MR) is 73.8 cm³/mol. The zero-order valence-electron chi connectivity index (χ0n) is 10.6. The van der Waals surface area contributed by atoms with Gasteiger partial charge in [-0.05, 0) is 25.0 Å². The number of para-hydroxylation sites is 2. The smallest absolute Gasteiger partial charge is 0.221 e. The first-order valence-corrected chi connectivity index (χ1v) is 6.56. The normalized spacial score (nSPS) is 14.3. The quantitative estimate of drug-likeness (QED) is 0.854. The molecule has 1 aromatic carbocycles. The summed E-state index contributed by atoms with van der Waals surface area (Å²) >= 11 is 0. The highest BCUT2D eigenvalue weighted by molar-refractivity contribution is 5.77. The van der Waals surface area contributed by atoms with Crippen molar-refractivity contribution >= 4 is 22.8 Å². The van der Waals surface area contributed by atoms with E-state index in [-0.39, 0.29) is 5.91 Å². The van der Waals surface area contributed by atoms with Gasteiger partial charge >= 0.3 is 0 Å². The Hall–Kier alpha value is -2.17. The van der Waals surface area contributed by atoms with Crippen LogP contribution in [0.25, 0.3) is 11.0 Å². The van der Waals surface area contributed by atoms with Gasteiger partial charge in [0.15, 0.2) is 0 Å². The van der Waals surface area contributed by atoms with Crippen molar-refractivity contribution in [1.82, 2.24) is 15.3 Å². The lowest BCUT2D eigenvalue weighted by Crippen LogP contribution is -2.27. The van der Waals surface area contributed by atoms with Crippen molar-refractivity contribution in [1.29, 1.82) is 0 Å². The minimum absolute atomic E-state index is 0.101. The number of fused-ring (bicyclic) bond motifs is 1. The van der Waals surface area contributed by atoms with Gasteiger partial charge in [0.25, 0.3) is 0 Å². The summed E-state index contributed by atoms with van der Waals surface area (Å²) in [5.74, 6) is 0.807. The number of amides is 1. The summed E-state index contributed by atoms with van der Waals surface area (Å²) < 4.78 is 0. The van der Waals surface area contributed by atoms with Gasteiger partial charge in [0.1, 0.15) is 5.82 Å². The Morgan fingerprint density at radius 3 is 2.84 bits per heavy atom. The van der Waals surface area contributed by atoms with Crippen molar-refractivity contribution in [3.8, 4) is 0 Å². The minimum atomic E-state index is 0.101. The van der Waals surface area contributed by atoms with Crippen molar-refractivity contribution in [3.63, 3.8) is 0 Å². The van der Waals surface area contributed by atoms with Gasteiger partial charge in [-0.2, -0.15) is 0 Å². The fourth-order valence-electron chi connectivity index (χ4n) is 1.87. The van der Waals surface area contributed by atoms with Crippen LogP contribution in [0.3, 0.4) is 0 Å². The lowest BCUT2D eigenvalue weighted by molar-refractivity contribution is -0.120. The number of rotatable bonds is 5. The predicted octanol–water partition coefficient (Wildman–Crippen LogP) is 1.71. The first kappa shape index (κ1) is 11.9. The molecule has 1 saturated carbocycles. The van der Waals surface area contributed by atoms with Gasteiger partial charge in [-0.15, -0.1) is 0 Å². The van der Waals surface area contributed by atoms with Gasteiger partial charge in [0, 0.05) is 19.0 Å². The van der Waals surface area contributed by atoms with Gasteiger partial charge in [-0.25, -0.2) is 4.98 Å². The van der Waals surface area contributed by atoms with E-state index in [0.29, 0.717) is 24.8 Å². The lowest BCUT2D eigenvalue weighted by Gasteiger charge is -2.06. The third kappa shape index (κ3) is 3.19. The Balaban J connectivity index is 1.54. The molecule has 0 radical (unpaired) electrons. The molecule has 1 amide bonds. The van der Waals surface area contributed by atoms with Crippen LogP contribution >= 0.6 is 0 Å². The summed E-state index contributed by atoms with van der Waals surface area (Å²) in [5, 5.41) is 6.08. The van der Waals surface area contributed by atoms with Crippen molar-refractivity contribution in [3.05, 3.63) is 30.5 Å². The number of aromatic nitrogens is 2. The molecule has 98 valence electrons. The second-order valence-electron chi connectivity index (χ2n) is 4.76. The van der Waals surface area contributed by atoms with Gasteiger partial charge in [0.2, 0.25) is 5.91 Å². The summed E-state index contributed by atoms with van der Waals surface area (Å²) in [4.78, 5) is 20.3. The minimum Gasteiger partial charge on any atom is -0.368 e. The molecule has 5 heteroatoms. The van der Waals surface area contributed by atoms with Crippen LogP contribution in [0.2, 0.25) is 0 Å². The molecule has 0 saturated heterocycles. The van der Waals surface area contributed by atoms with Crippen molar-refractivity contribution in [2.45, 2.75) is 25.3 Å². The molecule has 0 aliphatic heterocycles. The standard InChI is InChI=1S/C14H16N4O/c19-14(17-10-5-6-10)7-8-15-13-9-16-11-3-1-2-4-12(11)18-13/h1-4,9-10H,5-8H2,(H,15,18)(H,17,19). The number of hydrogen-bond acceptors (Lipinski definition) is 4. The molecule has 0 spiro atoms. The van der Waals surface area contributed by atoms with E-state index < -0.39 is 0 Å². The second kappa shape index (κ2) is 5.22. The number of carbonyl (C=O) groups is 1. The highest BCUT2D eigenvalue weighted by atomic mass is 16.1. The lowest BCUT2D eigenvalue weighted by atomic mass is 10.3. The van der Waals surface area contributed by atoms with Crippen LogP contribution in [0, 0.1) is 0 Å². The van der Waals surface area contributed by atoms with Crippen molar-refractivity contribution < 1.29 is 4.79 Å². The topological polar surface area (TPSA) is 66.9 Å². The van der Waals surface area contributed by atoms with Crippen LogP contribution in [0.15, 0.2) is 30.5 Å². The van der Waals surface area contributed by atoms with E-state index in [0.717, 1.165) is 23.9 Å². The summed E-state index contributed by atoms with van der Waals surface area (Å²) in [7, 11) is 0. The fraction of sp³-hybridized carbons (Fsp3) is 0.357. The third-order valence-electron chi connectivity index (χ3n) is 3.05. The molecule has 1 heterocycles. The van der Waals surface area contributed by atoms with Crippen LogP contribution in [0.1, 0.15) is 19.3 Å². The number of anilines is 1. The molecule has 2 N–H and O–H groups in total. The zero-order valence-corrected chi connectivity index (χ0v) is 10.6. The molecule has 0 bridgehead atoms. The monoisotopic (exact) mass is 256 g/mol. The largest absolute Gasteiger partial charge is 0.368 e. The maximum atomic E-state index is 11.5. The molecule has 1 aliphatic carbocycles. The van der Waals surface area contributed by atoms with Crippen molar-refractivity contribution in [2.24, 2.45) is 0 Å². The summed E-state index contributed by atoms with van der Waals surface area (Å²) in [6, 6.07) is 8.14. The molecule has 1 aromatic heterocycles. The Kier molecular flexibility index (Phi) is 3.27. The molecule has 0 atom stereocenters. The molecule has 3 rings (SSSR count). The van der Waals surface area contributed by atoms with E-state index in [1.54, 1.807) is 6.20 Å². The summed E-state index contributed by atoms with van der Waals surface area (Å²) in [5.41, 5.74) is 1.73. The van der Waals surface area contributed by atoms with E-state index in [1.807, 2.05) is 24.3 Å². The Bertz CT molecular complexity index is 595. The Morgan fingerprint density at radius 1 is 1.26 bits per heavy atom. The maximum Gasteiger partial charge on any atom is 0.221 e. The Labute approximate surface area is 111 Å². The third-order valence-corrected chi connectivity index (χ3v) is 3.05. The molecule has 0 unspecified atom stereocenters. The highest BCUT2D eigenvalue weighted by Crippen LogP contribution is 2.18. The second-order valence-corrected chi connectivity index (χ2v) is 4.76. The van der Waals surface area contributed by atoms with E-state index in [4.69, 9.17) is 0 Å². The van der Waals surface area contributed by atoms with E-state index in [9.17, 15) is 4.79 Å². The number of hydrogen-bond donors (Lipinski definition) is 2. The van der Waals surface area contributed by atoms with E-state index in [2.05, 4.69) is 20.6 Å². The SMILES string of the molecule is O=C(CCNc1cnc2ccccc2n1)NC1CC1. The number of carbonyl (C=O) groups excluding carboxylic acids is 1. The fourth-order valence-corrected chi connectivity index (χ4v) is 1.87. The zero-order chi connectivity index (χ0) is 13.1. The van der Waals surface area contributed by atoms with Crippen LogP contribution in [-0.4, -0.2) is 28.5 Å². The molecular weight excluding hydrogens is 240 g/mol. The van der Waals surface area contributed by atoms with Gasteiger partial charge < -0.3 is 10.6 Å². The van der Waals surface area contributed by atoms with Crippen LogP contribution in [-0.2, 0) is 4.79 Å². The Morgan fingerprint density at radius 2 is 2.05 bits per heavy atom. The van der Waals surface area contributed by atoms with Gasteiger partial charge in [0.05, 0.1) is 17.2 Å². The molecule has 1 fully saturated rings. The molecule has 5 nitrogen and oxygen atoms in total. The average molecular weight is 256 g/mol. The van der Waals surface area contributed by atoms with E-state index >= 15 is 0 Å². The first-order valence-electron chi connectivity index (χ1n) is 6.56. The summed E-state index contributed by atoms with van der Waals surface area (Å²) in [6.07, 6.45) is 4.40. The molecular formula is C14H16N4O. The number of nitrogens with zero attached hydrogens (tertiary/aromatic N) is 2. The van der Waals surface area contributed by atoms with Crippen LogP contribution in [0.4, 0.5) is 5.82 Å². The molecule has 1 aliphatic rings. The number of benzene rings is 1. The van der Waals surface area contributed by atoms with Crippen LogP contribution < -0.4 is 10.6 Å². The first-order chi connectivity index (χ1) is 9.31. The average Bonchev–Trinajstić information content (AvgIpc) is 3.22. The summed E-state index contributed by atoms with van der Waals surface area (Å²) in [6.45, 7) is 0.575. The van der Waals surface area contributed by atoms with E-state index in [1.165, 1.54) is 0 Å². The maximum absolute atomic E-state index is 11.5. The molecule has 19 heavy (non-hydrogen) atoms. The highest BCUT2D eigenvalue weighted by Gasteiger charge is 2.22. The number of nitrogens with one attached hydrogen (secondary N) is 2. The molecule has 2 aromatic rings.